The molecule has 3 atom stereocenters. The van der Waals surface area contributed by atoms with E-state index in [4.69, 9.17) is 4.74 Å². The van der Waals surface area contributed by atoms with Crippen LogP contribution in [0.5, 0.6) is 0 Å². The van der Waals surface area contributed by atoms with Gasteiger partial charge in [-0.2, -0.15) is 4.98 Å². The topological polar surface area (TPSA) is 87.6 Å². The molecule has 2 aromatic rings. The van der Waals surface area contributed by atoms with Gasteiger partial charge < -0.3 is 15.2 Å². The number of hydrogen-bond acceptors (Lipinski definition) is 6. The van der Waals surface area contributed by atoms with Crippen LogP contribution in [0.2, 0.25) is 0 Å². The van der Waals surface area contributed by atoms with Crippen molar-refractivity contribution in [2.75, 3.05) is 16.8 Å². The molecule has 1 saturated heterocycles. The Hall–Kier alpha value is -2.88. The molecule has 1 amide bonds. The predicted octanol–water partition coefficient (Wildman–Crippen LogP) is 2.77. The van der Waals surface area contributed by atoms with Crippen LogP contribution in [0.25, 0.3) is 0 Å². The molecule has 1 aromatic heterocycles. The standard InChI is InChI=1S/C17H17F3N4O3/c1-8(10-3-4-11(18)12(19)5-10)22-16-21-6-13(20)15(23-16)24-14(9(2)25)7-27-17(24)26/h3-6,8-9,14,25H,7H2,1-2H3,(H,21,22,23)/t8-,9+,14?/m0/s1. The van der Waals surface area contributed by atoms with Gasteiger partial charge in [0.05, 0.1) is 18.3 Å². The van der Waals surface area contributed by atoms with E-state index in [1.807, 2.05) is 0 Å². The number of aliphatic hydroxyl groups is 1. The van der Waals surface area contributed by atoms with E-state index in [9.17, 15) is 23.1 Å². The van der Waals surface area contributed by atoms with E-state index in [1.54, 1.807) is 6.92 Å². The highest BCUT2D eigenvalue weighted by atomic mass is 19.2. The van der Waals surface area contributed by atoms with Crippen molar-refractivity contribution in [2.24, 2.45) is 0 Å². The van der Waals surface area contributed by atoms with Crippen LogP contribution >= 0.6 is 0 Å². The summed E-state index contributed by atoms with van der Waals surface area (Å²) in [4.78, 5) is 20.7. The summed E-state index contributed by atoms with van der Waals surface area (Å²) < 4.78 is 45.5. The Bertz CT molecular complexity index is 865. The van der Waals surface area contributed by atoms with Crippen LogP contribution in [-0.4, -0.2) is 39.9 Å². The Morgan fingerprint density at radius 3 is 2.67 bits per heavy atom. The molecule has 0 radical (unpaired) electrons. The first-order chi connectivity index (χ1) is 12.8. The van der Waals surface area contributed by atoms with Gasteiger partial charge in [0.1, 0.15) is 12.6 Å². The predicted molar refractivity (Wildman–Crippen MR) is 89.7 cm³/mol. The molecule has 1 fully saturated rings. The number of aliphatic hydroxyl groups excluding tert-OH is 1. The van der Waals surface area contributed by atoms with Crippen molar-refractivity contribution in [1.29, 1.82) is 0 Å². The van der Waals surface area contributed by atoms with Crippen molar-refractivity contribution in [3.05, 3.63) is 47.4 Å². The van der Waals surface area contributed by atoms with Gasteiger partial charge in [-0.05, 0) is 31.5 Å². The van der Waals surface area contributed by atoms with Gasteiger partial charge in [0.2, 0.25) is 5.95 Å². The number of anilines is 2. The van der Waals surface area contributed by atoms with Crippen molar-refractivity contribution in [3.8, 4) is 0 Å². The molecule has 3 rings (SSSR count). The summed E-state index contributed by atoms with van der Waals surface area (Å²) in [6, 6.07) is 2.09. The highest BCUT2D eigenvalue weighted by Gasteiger charge is 2.39. The van der Waals surface area contributed by atoms with E-state index in [0.717, 1.165) is 23.2 Å². The zero-order valence-corrected chi connectivity index (χ0v) is 14.5. The Balaban J connectivity index is 1.86. The van der Waals surface area contributed by atoms with Gasteiger partial charge in [0, 0.05) is 0 Å². The minimum absolute atomic E-state index is 0.0346. The number of aromatic nitrogens is 2. The fourth-order valence-electron chi connectivity index (χ4n) is 2.69. The summed E-state index contributed by atoms with van der Waals surface area (Å²) in [6.07, 6.45) is -0.936. The number of benzene rings is 1. The van der Waals surface area contributed by atoms with Crippen molar-refractivity contribution in [2.45, 2.75) is 32.0 Å². The molecule has 1 unspecified atom stereocenters. The Labute approximate surface area is 152 Å². The van der Waals surface area contributed by atoms with Gasteiger partial charge in [-0.3, -0.25) is 0 Å². The fraction of sp³-hybridized carbons (Fsp3) is 0.353. The van der Waals surface area contributed by atoms with Crippen molar-refractivity contribution in [3.63, 3.8) is 0 Å². The zero-order chi connectivity index (χ0) is 19.7. The van der Waals surface area contributed by atoms with Crippen LogP contribution in [-0.2, 0) is 4.74 Å². The third-order valence-electron chi connectivity index (χ3n) is 4.21. The minimum Gasteiger partial charge on any atom is -0.447 e. The molecule has 1 aliphatic heterocycles. The number of carbonyl (C=O) groups is 1. The lowest BCUT2D eigenvalue weighted by Gasteiger charge is -2.23. The zero-order valence-electron chi connectivity index (χ0n) is 14.5. The highest BCUT2D eigenvalue weighted by molar-refractivity contribution is 5.89. The molecule has 144 valence electrons. The van der Waals surface area contributed by atoms with E-state index < -0.39 is 41.7 Å². The molecular formula is C17H17F3N4O3. The van der Waals surface area contributed by atoms with Gasteiger partial charge in [-0.1, -0.05) is 6.07 Å². The second-order valence-corrected chi connectivity index (χ2v) is 6.16. The molecule has 1 aliphatic rings. The number of ether oxygens (including phenoxy) is 1. The van der Waals surface area contributed by atoms with Crippen LogP contribution in [0.1, 0.15) is 25.5 Å². The Morgan fingerprint density at radius 2 is 2.00 bits per heavy atom. The number of halogens is 3. The summed E-state index contributed by atoms with van der Waals surface area (Å²) in [5.74, 6) is -3.22. The molecule has 10 heteroatoms. The van der Waals surface area contributed by atoms with E-state index >= 15 is 0 Å². The lowest BCUT2D eigenvalue weighted by molar-refractivity contribution is 0.142. The second-order valence-electron chi connectivity index (χ2n) is 6.16. The first-order valence-corrected chi connectivity index (χ1v) is 8.16. The first-order valence-electron chi connectivity index (χ1n) is 8.16. The molecule has 27 heavy (non-hydrogen) atoms. The normalized spacial score (nSPS) is 19.0. The lowest BCUT2D eigenvalue weighted by Crippen LogP contribution is -2.42. The van der Waals surface area contributed by atoms with Crippen molar-refractivity contribution >= 4 is 17.9 Å². The van der Waals surface area contributed by atoms with Gasteiger partial charge >= 0.3 is 6.09 Å². The minimum atomic E-state index is -0.999. The quantitative estimate of drug-likeness (QED) is 0.827. The molecule has 0 aliphatic carbocycles. The lowest BCUT2D eigenvalue weighted by atomic mass is 10.1. The monoisotopic (exact) mass is 382 g/mol. The van der Waals surface area contributed by atoms with Crippen LogP contribution in [0.15, 0.2) is 24.4 Å². The summed E-state index contributed by atoms with van der Waals surface area (Å²) in [5.41, 5.74) is 0.422. The maximum Gasteiger partial charge on any atom is 0.416 e. The molecule has 1 aromatic carbocycles. The summed E-state index contributed by atoms with van der Waals surface area (Å²) in [5, 5.41) is 12.6. The van der Waals surface area contributed by atoms with E-state index in [2.05, 4.69) is 15.3 Å². The van der Waals surface area contributed by atoms with Crippen LogP contribution in [0.3, 0.4) is 0 Å². The number of hydrogen-bond donors (Lipinski definition) is 2. The molecule has 0 saturated carbocycles. The maximum atomic E-state index is 14.2. The van der Waals surface area contributed by atoms with E-state index in [-0.39, 0.29) is 18.4 Å². The van der Waals surface area contributed by atoms with Crippen LogP contribution < -0.4 is 10.2 Å². The summed E-state index contributed by atoms with van der Waals surface area (Å²) in [6.45, 7) is 3.00. The van der Waals surface area contributed by atoms with E-state index in [0.29, 0.717) is 5.56 Å². The number of carbonyl (C=O) groups excluding carboxylic acids is 1. The van der Waals surface area contributed by atoms with Gasteiger partial charge in [-0.15, -0.1) is 0 Å². The number of nitrogens with one attached hydrogen (secondary N) is 1. The number of rotatable bonds is 5. The Kier molecular flexibility index (Phi) is 5.17. The molecular weight excluding hydrogens is 365 g/mol. The van der Waals surface area contributed by atoms with Crippen LogP contribution in [0.4, 0.5) is 29.7 Å². The molecule has 7 nitrogen and oxygen atoms in total. The third-order valence-corrected chi connectivity index (χ3v) is 4.21. The van der Waals surface area contributed by atoms with Gasteiger partial charge in [0.15, 0.2) is 23.3 Å². The third kappa shape index (κ3) is 3.80. The number of nitrogens with zero attached hydrogens (tertiary/aromatic N) is 3. The average Bonchev–Trinajstić information content (AvgIpc) is 3.00. The van der Waals surface area contributed by atoms with Gasteiger partial charge in [0.25, 0.3) is 0 Å². The van der Waals surface area contributed by atoms with Crippen LogP contribution in [0, 0.1) is 17.5 Å². The van der Waals surface area contributed by atoms with Gasteiger partial charge in [-0.25, -0.2) is 27.8 Å². The van der Waals surface area contributed by atoms with E-state index in [1.165, 1.54) is 13.0 Å². The Morgan fingerprint density at radius 1 is 1.26 bits per heavy atom. The van der Waals surface area contributed by atoms with Crippen molar-refractivity contribution in [1.82, 2.24) is 9.97 Å². The smallest absolute Gasteiger partial charge is 0.416 e. The maximum absolute atomic E-state index is 14.2. The second kappa shape index (κ2) is 7.39. The fourth-order valence-corrected chi connectivity index (χ4v) is 2.69. The highest BCUT2D eigenvalue weighted by Crippen LogP contribution is 2.27. The average molecular weight is 382 g/mol. The number of cyclic esters (lactones) is 1. The molecule has 0 bridgehead atoms. The van der Waals surface area contributed by atoms with Crippen molar-refractivity contribution < 1.29 is 27.8 Å². The summed E-state index contributed by atoms with van der Waals surface area (Å²) >= 11 is 0. The largest absolute Gasteiger partial charge is 0.447 e. The SMILES string of the molecule is C[C@H](Nc1ncc(F)c(N2C(=O)OCC2[C@@H](C)O)n1)c1ccc(F)c(F)c1. The summed E-state index contributed by atoms with van der Waals surface area (Å²) in [7, 11) is 0. The molecule has 2 heterocycles. The molecule has 0 spiro atoms. The number of amides is 1. The first kappa shape index (κ1) is 18.9. The molecule has 2 N–H and O–H groups in total.